The van der Waals surface area contributed by atoms with Crippen molar-refractivity contribution in [1.82, 2.24) is 5.32 Å². The maximum absolute atomic E-state index is 11.0. The van der Waals surface area contributed by atoms with Gasteiger partial charge in [0.05, 0.1) is 0 Å². The summed E-state index contributed by atoms with van der Waals surface area (Å²) in [5.74, 6) is 0.165. The largest absolute Gasteiger partial charge is 0.355 e. The number of hydrogen-bond donors (Lipinski definition) is 1. The van der Waals surface area contributed by atoms with Crippen LogP contribution in [0.2, 0.25) is 0 Å². The maximum Gasteiger partial charge on any atom is 0.220 e. The predicted octanol–water partition coefficient (Wildman–Crippen LogP) is 2.47. The SMILES string of the molecule is CCCC(=O)NCC(Br)CCC. The van der Waals surface area contributed by atoms with Crippen LogP contribution < -0.4 is 5.32 Å². The third-order valence-corrected chi connectivity index (χ3v) is 2.38. The quantitative estimate of drug-likeness (QED) is 0.705. The molecule has 2 nitrogen and oxygen atoms in total. The van der Waals surface area contributed by atoms with Gasteiger partial charge in [-0.15, -0.1) is 0 Å². The molecule has 72 valence electrons. The van der Waals surface area contributed by atoms with Crippen LogP contribution in [-0.4, -0.2) is 17.3 Å². The molecule has 0 saturated heterocycles. The molecule has 0 aliphatic carbocycles. The van der Waals surface area contributed by atoms with E-state index in [2.05, 4.69) is 28.2 Å². The third-order valence-electron chi connectivity index (χ3n) is 1.60. The molecule has 1 N–H and O–H groups in total. The molecule has 3 heteroatoms. The molecule has 0 heterocycles. The molecule has 0 aliphatic heterocycles. The minimum absolute atomic E-state index is 0.165. The number of nitrogens with one attached hydrogen (secondary N) is 1. The lowest BCUT2D eigenvalue weighted by atomic mass is 10.2. The van der Waals surface area contributed by atoms with E-state index < -0.39 is 0 Å². The molecular formula is C9H18BrNO. The first-order valence-electron chi connectivity index (χ1n) is 4.61. The van der Waals surface area contributed by atoms with Crippen molar-refractivity contribution in [3.8, 4) is 0 Å². The van der Waals surface area contributed by atoms with E-state index >= 15 is 0 Å². The van der Waals surface area contributed by atoms with Crippen molar-refractivity contribution in [3.63, 3.8) is 0 Å². The second kappa shape index (κ2) is 7.59. The minimum Gasteiger partial charge on any atom is -0.355 e. The van der Waals surface area contributed by atoms with E-state index in [1.54, 1.807) is 0 Å². The first kappa shape index (κ1) is 11.9. The average molecular weight is 236 g/mol. The highest BCUT2D eigenvalue weighted by Gasteiger charge is 2.04. The van der Waals surface area contributed by atoms with Crippen LogP contribution >= 0.6 is 15.9 Å². The topological polar surface area (TPSA) is 29.1 Å². The van der Waals surface area contributed by atoms with Crippen molar-refractivity contribution in [2.75, 3.05) is 6.54 Å². The lowest BCUT2D eigenvalue weighted by molar-refractivity contribution is -0.121. The highest BCUT2D eigenvalue weighted by molar-refractivity contribution is 9.09. The lowest BCUT2D eigenvalue weighted by Gasteiger charge is -2.09. The van der Waals surface area contributed by atoms with E-state index in [1.807, 2.05) is 6.92 Å². The first-order valence-corrected chi connectivity index (χ1v) is 5.53. The van der Waals surface area contributed by atoms with E-state index in [1.165, 1.54) is 0 Å². The minimum atomic E-state index is 0.165. The Bertz CT molecular complexity index is 128. The summed E-state index contributed by atoms with van der Waals surface area (Å²) in [7, 11) is 0. The van der Waals surface area contributed by atoms with E-state index in [9.17, 15) is 4.79 Å². The predicted molar refractivity (Wildman–Crippen MR) is 55.5 cm³/mol. The Kier molecular flexibility index (Phi) is 7.56. The standard InChI is InChI=1S/C9H18BrNO/c1-3-5-8(10)7-11-9(12)6-4-2/h8H,3-7H2,1-2H3,(H,11,12). The van der Waals surface area contributed by atoms with Crippen molar-refractivity contribution in [3.05, 3.63) is 0 Å². The molecule has 0 bridgehead atoms. The van der Waals surface area contributed by atoms with Crippen molar-refractivity contribution in [2.45, 2.75) is 44.4 Å². The highest BCUT2D eigenvalue weighted by atomic mass is 79.9. The Hall–Kier alpha value is -0.0500. The molecule has 0 aliphatic rings. The van der Waals surface area contributed by atoms with Crippen LogP contribution in [0.4, 0.5) is 0 Å². The fourth-order valence-electron chi connectivity index (χ4n) is 0.955. The van der Waals surface area contributed by atoms with E-state index in [4.69, 9.17) is 0 Å². The summed E-state index contributed by atoms with van der Waals surface area (Å²) in [6.07, 6.45) is 3.84. The molecule has 0 aromatic rings. The summed E-state index contributed by atoms with van der Waals surface area (Å²) in [4.78, 5) is 11.5. The maximum atomic E-state index is 11.0. The molecule has 12 heavy (non-hydrogen) atoms. The molecule has 1 amide bonds. The molecule has 0 fully saturated rings. The number of rotatable bonds is 6. The molecule has 0 radical (unpaired) electrons. The average Bonchev–Trinajstić information content (AvgIpc) is 2.02. The molecule has 1 atom stereocenters. The van der Waals surface area contributed by atoms with Gasteiger partial charge >= 0.3 is 0 Å². The van der Waals surface area contributed by atoms with Crippen LogP contribution in [-0.2, 0) is 4.79 Å². The van der Waals surface area contributed by atoms with Gasteiger partial charge in [-0.05, 0) is 12.8 Å². The van der Waals surface area contributed by atoms with Gasteiger partial charge in [-0.1, -0.05) is 36.2 Å². The molecule has 0 spiro atoms. The molecule has 1 unspecified atom stereocenters. The van der Waals surface area contributed by atoms with Gasteiger partial charge in [0.1, 0.15) is 0 Å². The Morgan fingerprint density at radius 1 is 1.42 bits per heavy atom. The van der Waals surface area contributed by atoms with Gasteiger partial charge < -0.3 is 5.32 Å². The Balaban J connectivity index is 3.33. The summed E-state index contributed by atoms with van der Waals surface area (Å²) in [6.45, 7) is 4.91. The summed E-state index contributed by atoms with van der Waals surface area (Å²) >= 11 is 3.50. The number of carbonyl (C=O) groups excluding carboxylic acids is 1. The Labute approximate surface area is 83.2 Å². The number of carbonyl (C=O) groups is 1. The van der Waals surface area contributed by atoms with Crippen LogP contribution in [0.25, 0.3) is 0 Å². The molecule has 0 rings (SSSR count). The fraction of sp³-hybridized carbons (Fsp3) is 0.889. The van der Waals surface area contributed by atoms with Gasteiger partial charge in [0.15, 0.2) is 0 Å². The first-order chi connectivity index (χ1) is 5.70. The normalized spacial score (nSPS) is 12.6. The number of hydrogen-bond acceptors (Lipinski definition) is 1. The molecule has 0 aromatic carbocycles. The second-order valence-corrected chi connectivity index (χ2v) is 4.23. The van der Waals surface area contributed by atoms with Crippen LogP contribution in [0.3, 0.4) is 0 Å². The van der Waals surface area contributed by atoms with Gasteiger partial charge in [0.2, 0.25) is 5.91 Å². The van der Waals surface area contributed by atoms with Gasteiger partial charge in [-0.25, -0.2) is 0 Å². The smallest absolute Gasteiger partial charge is 0.220 e. The number of amides is 1. The van der Waals surface area contributed by atoms with E-state index in [0.29, 0.717) is 11.2 Å². The van der Waals surface area contributed by atoms with Gasteiger partial charge in [0.25, 0.3) is 0 Å². The van der Waals surface area contributed by atoms with E-state index in [0.717, 1.165) is 25.8 Å². The van der Waals surface area contributed by atoms with Crippen LogP contribution in [0.1, 0.15) is 39.5 Å². The van der Waals surface area contributed by atoms with Crippen molar-refractivity contribution in [2.24, 2.45) is 0 Å². The van der Waals surface area contributed by atoms with Crippen molar-refractivity contribution < 1.29 is 4.79 Å². The van der Waals surface area contributed by atoms with Crippen molar-refractivity contribution in [1.29, 1.82) is 0 Å². The van der Waals surface area contributed by atoms with Crippen molar-refractivity contribution >= 4 is 21.8 Å². The fourth-order valence-corrected chi connectivity index (χ4v) is 1.58. The van der Waals surface area contributed by atoms with Crippen LogP contribution in [0.15, 0.2) is 0 Å². The third kappa shape index (κ3) is 6.65. The molecular weight excluding hydrogens is 218 g/mol. The zero-order valence-corrected chi connectivity index (χ0v) is 9.49. The van der Waals surface area contributed by atoms with Crippen LogP contribution in [0, 0.1) is 0 Å². The Morgan fingerprint density at radius 2 is 2.08 bits per heavy atom. The van der Waals surface area contributed by atoms with Crippen LogP contribution in [0.5, 0.6) is 0 Å². The highest BCUT2D eigenvalue weighted by Crippen LogP contribution is 2.05. The molecule has 0 saturated carbocycles. The summed E-state index contributed by atoms with van der Waals surface area (Å²) in [6, 6.07) is 0. The van der Waals surface area contributed by atoms with E-state index in [-0.39, 0.29) is 5.91 Å². The second-order valence-electron chi connectivity index (χ2n) is 2.94. The molecule has 0 aromatic heterocycles. The zero-order chi connectivity index (χ0) is 9.40. The van der Waals surface area contributed by atoms with Gasteiger partial charge in [0, 0.05) is 17.8 Å². The lowest BCUT2D eigenvalue weighted by Crippen LogP contribution is -2.29. The number of alkyl halides is 1. The zero-order valence-electron chi connectivity index (χ0n) is 7.90. The van der Waals surface area contributed by atoms with Gasteiger partial charge in [-0.3, -0.25) is 4.79 Å². The number of halogens is 1. The summed E-state index contributed by atoms with van der Waals surface area (Å²) in [5, 5.41) is 2.88. The summed E-state index contributed by atoms with van der Waals surface area (Å²) < 4.78 is 0. The Morgan fingerprint density at radius 3 is 2.58 bits per heavy atom. The van der Waals surface area contributed by atoms with Gasteiger partial charge in [-0.2, -0.15) is 0 Å². The monoisotopic (exact) mass is 235 g/mol. The summed E-state index contributed by atoms with van der Waals surface area (Å²) in [5.41, 5.74) is 0.